The molecule has 2 aromatic rings. The van der Waals surface area contributed by atoms with Crippen molar-refractivity contribution in [2.24, 2.45) is 0 Å². The van der Waals surface area contributed by atoms with E-state index < -0.39 is 11.7 Å². The number of amides is 1. The summed E-state index contributed by atoms with van der Waals surface area (Å²) in [5.74, 6) is -0.219. The molecule has 2 heterocycles. The van der Waals surface area contributed by atoms with Gasteiger partial charge in [0.15, 0.2) is 11.5 Å². The van der Waals surface area contributed by atoms with Gasteiger partial charge >= 0.3 is 6.09 Å². The number of nitrogens with zero attached hydrogens (tertiary/aromatic N) is 1. The Morgan fingerprint density at radius 1 is 1.27 bits per heavy atom. The number of pyridine rings is 1. The lowest BCUT2D eigenvalue weighted by Gasteiger charge is -2.19. The molecule has 22 heavy (non-hydrogen) atoms. The van der Waals surface area contributed by atoms with Crippen LogP contribution < -0.4 is 5.32 Å². The van der Waals surface area contributed by atoms with E-state index in [0.29, 0.717) is 16.8 Å². The van der Waals surface area contributed by atoms with Crippen LogP contribution in [0.25, 0.3) is 11.1 Å². The van der Waals surface area contributed by atoms with Gasteiger partial charge in [-0.3, -0.25) is 10.1 Å². The first-order chi connectivity index (χ1) is 10.1. The topological polar surface area (TPSA) is 81.4 Å². The van der Waals surface area contributed by atoms with E-state index >= 15 is 0 Å². The predicted octanol–water partition coefficient (Wildman–Crippen LogP) is 3.99. The average molecular weight is 304 g/mol. The Bertz CT molecular complexity index is 754. The van der Waals surface area contributed by atoms with Crippen LogP contribution in [0.5, 0.6) is 0 Å². The van der Waals surface area contributed by atoms with Gasteiger partial charge in [-0.05, 0) is 46.2 Å². The monoisotopic (exact) mass is 304 g/mol. The van der Waals surface area contributed by atoms with E-state index in [1.165, 1.54) is 6.92 Å². The van der Waals surface area contributed by atoms with Gasteiger partial charge in [0.25, 0.3) is 0 Å². The Hall–Kier alpha value is -2.37. The van der Waals surface area contributed by atoms with E-state index in [0.717, 1.165) is 11.3 Å². The summed E-state index contributed by atoms with van der Waals surface area (Å²) in [6, 6.07) is 1.86. The molecule has 6 nitrogen and oxygen atoms in total. The van der Waals surface area contributed by atoms with Crippen LogP contribution in [0.4, 0.5) is 10.5 Å². The van der Waals surface area contributed by atoms with Crippen LogP contribution in [0.2, 0.25) is 0 Å². The zero-order chi connectivity index (χ0) is 16.7. The molecule has 0 aromatic carbocycles. The van der Waals surface area contributed by atoms with Crippen LogP contribution in [0, 0.1) is 13.8 Å². The van der Waals surface area contributed by atoms with Gasteiger partial charge in [0.2, 0.25) is 5.71 Å². The molecule has 1 N–H and O–H groups in total. The first-order valence-electron chi connectivity index (χ1n) is 7.00. The lowest BCUT2D eigenvalue weighted by atomic mass is 10.1. The van der Waals surface area contributed by atoms with Crippen molar-refractivity contribution in [2.45, 2.75) is 47.1 Å². The van der Waals surface area contributed by atoms with E-state index in [4.69, 9.17) is 9.15 Å². The van der Waals surface area contributed by atoms with Gasteiger partial charge in [-0.2, -0.15) is 0 Å². The number of aryl methyl sites for hydroxylation is 2. The minimum absolute atomic E-state index is 0.0714. The molecular weight excluding hydrogens is 284 g/mol. The Balaban J connectivity index is 2.53. The van der Waals surface area contributed by atoms with Crippen LogP contribution in [0.15, 0.2) is 10.5 Å². The maximum absolute atomic E-state index is 12.0. The van der Waals surface area contributed by atoms with Crippen molar-refractivity contribution in [3.05, 3.63) is 23.1 Å². The average Bonchev–Trinajstić information content (AvgIpc) is 2.65. The standard InChI is InChI=1S/C16H20N2O4/c1-8-7-9(2)17-14-11(8)12(13(21-14)10(3)19)18-15(20)22-16(4,5)6/h7H,1-6H3,(H,18,20). The molecule has 0 atom stereocenters. The molecule has 0 unspecified atom stereocenters. The maximum Gasteiger partial charge on any atom is 0.412 e. The summed E-state index contributed by atoms with van der Waals surface area (Å²) in [6.45, 7) is 10.4. The van der Waals surface area contributed by atoms with Gasteiger partial charge in [-0.15, -0.1) is 0 Å². The molecule has 0 aliphatic rings. The number of carbonyl (C=O) groups is 2. The molecule has 0 bridgehead atoms. The van der Waals surface area contributed by atoms with Gasteiger partial charge in [0.1, 0.15) is 11.3 Å². The van der Waals surface area contributed by atoms with Crippen molar-refractivity contribution >= 4 is 28.7 Å². The van der Waals surface area contributed by atoms with Crippen LogP contribution in [0.3, 0.4) is 0 Å². The minimum Gasteiger partial charge on any atom is -0.444 e. The molecular formula is C16H20N2O4. The molecule has 0 spiro atoms. The Kier molecular flexibility index (Phi) is 3.96. The Labute approximate surface area is 128 Å². The molecule has 0 saturated carbocycles. The fourth-order valence-corrected chi connectivity index (χ4v) is 2.21. The summed E-state index contributed by atoms with van der Waals surface area (Å²) >= 11 is 0. The van der Waals surface area contributed by atoms with Crippen LogP contribution >= 0.6 is 0 Å². The summed E-state index contributed by atoms with van der Waals surface area (Å²) in [6.07, 6.45) is -0.641. The molecule has 2 rings (SSSR count). The highest BCUT2D eigenvalue weighted by Gasteiger charge is 2.24. The number of fused-ring (bicyclic) bond motifs is 1. The second-order valence-electron chi connectivity index (χ2n) is 6.25. The SMILES string of the molecule is CC(=O)c1oc2nc(C)cc(C)c2c1NC(=O)OC(C)(C)C. The lowest BCUT2D eigenvalue weighted by molar-refractivity contribution is 0.0636. The Morgan fingerprint density at radius 2 is 1.91 bits per heavy atom. The first kappa shape index (κ1) is 16.0. The summed E-state index contributed by atoms with van der Waals surface area (Å²) in [4.78, 5) is 28.1. The van der Waals surface area contributed by atoms with Crippen molar-refractivity contribution in [2.75, 3.05) is 5.32 Å². The first-order valence-corrected chi connectivity index (χ1v) is 7.00. The number of nitrogens with one attached hydrogen (secondary N) is 1. The summed E-state index contributed by atoms with van der Waals surface area (Å²) < 4.78 is 10.8. The van der Waals surface area contributed by atoms with Crippen LogP contribution in [-0.4, -0.2) is 22.5 Å². The summed E-state index contributed by atoms with van der Waals surface area (Å²) in [7, 11) is 0. The third-order valence-corrected chi connectivity index (χ3v) is 2.93. The van der Waals surface area contributed by atoms with E-state index in [-0.39, 0.29) is 11.5 Å². The number of Topliss-reactive ketones (excluding diaryl/α,β-unsaturated/α-hetero) is 1. The number of aromatic nitrogens is 1. The third kappa shape index (κ3) is 3.27. The van der Waals surface area contributed by atoms with E-state index in [2.05, 4.69) is 10.3 Å². The number of hydrogen-bond donors (Lipinski definition) is 1. The zero-order valence-electron chi connectivity index (χ0n) is 13.7. The molecule has 0 aliphatic heterocycles. The number of rotatable bonds is 2. The highest BCUT2D eigenvalue weighted by atomic mass is 16.6. The van der Waals surface area contributed by atoms with E-state index in [9.17, 15) is 9.59 Å². The molecule has 0 aliphatic carbocycles. The van der Waals surface area contributed by atoms with Crippen molar-refractivity contribution in [3.8, 4) is 0 Å². The second kappa shape index (κ2) is 5.44. The van der Waals surface area contributed by atoms with Crippen LogP contribution in [-0.2, 0) is 4.74 Å². The predicted molar refractivity (Wildman–Crippen MR) is 83.3 cm³/mol. The van der Waals surface area contributed by atoms with Gasteiger partial charge in [-0.1, -0.05) is 0 Å². The number of furan rings is 1. The molecule has 1 amide bonds. The molecule has 0 fully saturated rings. The molecule has 6 heteroatoms. The van der Waals surface area contributed by atoms with Crippen molar-refractivity contribution < 1.29 is 18.7 Å². The number of ketones is 1. The van der Waals surface area contributed by atoms with Gasteiger partial charge in [-0.25, -0.2) is 9.78 Å². The van der Waals surface area contributed by atoms with Gasteiger partial charge in [0, 0.05) is 12.6 Å². The normalized spacial score (nSPS) is 11.5. The fraction of sp³-hybridized carbons (Fsp3) is 0.438. The number of hydrogen-bond acceptors (Lipinski definition) is 5. The maximum atomic E-state index is 12.0. The third-order valence-electron chi connectivity index (χ3n) is 2.93. The molecule has 0 saturated heterocycles. The Morgan fingerprint density at radius 3 is 2.45 bits per heavy atom. The van der Waals surface area contributed by atoms with Crippen molar-refractivity contribution in [3.63, 3.8) is 0 Å². The largest absolute Gasteiger partial charge is 0.444 e. The summed E-state index contributed by atoms with van der Waals surface area (Å²) in [5.41, 5.74) is 1.64. The van der Waals surface area contributed by atoms with Crippen LogP contribution in [0.1, 0.15) is 49.5 Å². The number of ether oxygens (including phenoxy) is 1. The quantitative estimate of drug-likeness (QED) is 0.848. The lowest BCUT2D eigenvalue weighted by Crippen LogP contribution is -2.27. The highest BCUT2D eigenvalue weighted by molar-refractivity contribution is 6.10. The van der Waals surface area contributed by atoms with E-state index in [1.54, 1.807) is 20.8 Å². The fourth-order valence-electron chi connectivity index (χ4n) is 2.21. The van der Waals surface area contributed by atoms with E-state index in [1.807, 2.05) is 19.9 Å². The number of carbonyl (C=O) groups excluding carboxylic acids is 2. The molecule has 0 radical (unpaired) electrons. The smallest absolute Gasteiger partial charge is 0.412 e. The van der Waals surface area contributed by atoms with Crippen molar-refractivity contribution in [1.82, 2.24) is 4.98 Å². The molecule has 118 valence electrons. The van der Waals surface area contributed by atoms with Gasteiger partial charge in [0.05, 0.1) is 5.39 Å². The minimum atomic E-state index is -0.641. The van der Waals surface area contributed by atoms with Gasteiger partial charge < -0.3 is 9.15 Å². The second-order valence-corrected chi connectivity index (χ2v) is 6.25. The summed E-state index contributed by atoms with van der Waals surface area (Å²) in [5, 5.41) is 3.23. The number of anilines is 1. The zero-order valence-corrected chi connectivity index (χ0v) is 13.7. The van der Waals surface area contributed by atoms with Crippen molar-refractivity contribution in [1.29, 1.82) is 0 Å². The molecule has 2 aromatic heterocycles. The highest BCUT2D eigenvalue weighted by Crippen LogP contribution is 2.33.